The maximum atomic E-state index is 10.5. The summed E-state index contributed by atoms with van der Waals surface area (Å²) in [5.74, 6) is 0.886. The quantitative estimate of drug-likeness (QED) is 0.747. The molecule has 0 spiro atoms. The molecular weight excluding hydrogens is 282 g/mol. The zero-order valence-corrected chi connectivity index (χ0v) is 13.0. The van der Waals surface area contributed by atoms with Crippen LogP contribution >= 0.6 is 11.3 Å². The highest BCUT2D eigenvalue weighted by Gasteiger charge is 2.24. The van der Waals surface area contributed by atoms with Gasteiger partial charge in [-0.15, -0.1) is 0 Å². The Hall–Kier alpha value is -1.62. The standard InChI is InChI=1S/C17H19NO2S/c1-12(16-9-13-5-3-4-6-15(13)20-16)18-11-17(2,19)14-7-8-21-10-14/h3-10,12,18-19H,11H2,1-2H3. The number of rotatable bonds is 5. The molecule has 4 heteroatoms. The van der Waals surface area contributed by atoms with Gasteiger partial charge in [0.25, 0.3) is 0 Å². The van der Waals surface area contributed by atoms with E-state index in [1.54, 1.807) is 11.3 Å². The summed E-state index contributed by atoms with van der Waals surface area (Å²) in [6, 6.07) is 12.0. The summed E-state index contributed by atoms with van der Waals surface area (Å²) in [5.41, 5.74) is 0.961. The predicted molar refractivity (Wildman–Crippen MR) is 86.5 cm³/mol. The molecule has 0 aliphatic rings. The van der Waals surface area contributed by atoms with E-state index in [-0.39, 0.29) is 6.04 Å². The van der Waals surface area contributed by atoms with Gasteiger partial charge in [0, 0.05) is 11.9 Å². The third kappa shape index (κ3) is 3.02. The number of benzene rings is 1. The SMILES string of the molecule is CC(NCC(C)(O)c1ccsc1)c1cc2ccccc2o1. The molecule has 1 aromatic carbocycles. The minimum Gasteiger partial charge on any atom is -0.459 e. The first-order chi connectivity index (χ1) is 10.1. The van der Waals surface area contributed by atoms with Crippen LogP contribution in [-0.4, -0.2) is 11.7 Å². The van der Waals surface area contributed by atoms with Crippen LogP contribution < -0.4 is 5.32 Å². The summed E-state index contributed by atoms with van der Waals surface area (Å²) in [4.78, 5) is 0. The molecule has 0 saturated heterocycles. The average molecular weight is 301 g/mol. The highest BCUT2D eigenvalue weighted by molar-refractivity contribution is 7.08. The molecule has 0 aliphatic heterocycles. The Morgan fingerprint density at radius 2 is 2.14 bits per heavy atom. The second-order valence-electron chi connectivity index (χ2n) is 5.58. The van der Waals surface area contributed by atoms with Gasteiger partial charge in [-0.25, -0.2) is 0 Å². The van der Waals surface area contributed by atoms with E-state index in [0.29, 0.717) is 6.54 Å². The Balaban J connectivity index is 1.70. The van der Waals surface area contributed by atoms with E-state index < -0.39 is 5.60 Å². The van der Waals surface area contributed by atoms with Crippen LogP contribution in [0.4, 0.5) is 0 Å². The first kappa shape index (κ1) is 14.3. The van der Waals surface area contributed by atoms with Gasteiger partial charge in [0.1, 0.15) is 16.9 Å². The molecule has 0 radical (unpaired) electrons. The fourth-order valence-corrected chi connectivity index (χ4v) is 3.12. The topological polar surface area (TPSA) is 45.4 Å². The monoisotopic (exact) mass is 301 g/mol. The van der Waals surface area contributed by atoms with Gasteiger partial charge in [-0.2, -0.15) is 11.3 Å². The molecule has 2 N–H and O–H groups in total. The molecule has 2 unspecified atom stereocenters. The van der Waals surface area contributed by atoms with Crippen LogP contribution in [0.5, 0.6) is 0 Å². The van der Waals surface area contributed by atoms with Gasteiger partial charge in [-0.05, 0) is 48.4 Å². The van der Waals surface area contributed by atoms with Crippen LogP contribution in [0.1, 0.15) is 31.2 Å². The first-order valence-electron chi connectivity index (χ1n) is 7.03. The largest absolute Gasteiger partial charge is 0.459 e. The van der Waals surface area contributed by atoms with Gasteiger partial charge in [0.2, 0.25) is 0 Å². The van der Waals surface area contributed by atoms with Crippen molar-refractivity contribution in [3.8, 4) is 0 Å². The third-order valence-corrected chi connectivity index (χ3v) is 4.45. The van der Waals surface area contributed by atoms with Crippen LogP contribution in [0.3, 0.4) is 0 Å². The Morgan fingerprint density at radius 3 is 2.86 bits per heavy atom. The Morgan fingerprint density at radius 1 is 1.33 bits per heavy atom. The lowest BCUT2D eigenvalue weighted by molar-refractivity contribution is 0.0541. The van der Waals surface area contributed by atoms with Crippen molar-refractivity contribution < 1.29 is 9.52 Å². The van der Waals surface area contributed by atoms with Crippen LogP contribution in [0, 0.1) is 0 Å². The highest BCUT2D eigenvalue weighted by Crippen LogP contribution is 2.26. The van der Waals surface area contributed by atoms with E-state index in [1.165, 1.54) is 0 Å². The summed E-state index contributed by atoms with van der Waals surface area (Å²) < 4.78 is 5.84. The molecule has 0 aliphatic carbocycles. The summed E-state index contributed by atoms with van der Waals surface area (Å²) in [6.07, 6.45) is 0. The molecule has 0 bridgehead atoms. The number of para-hydroxylation sites is 1. The first-order valence-corrected chi connectivity index (χ1v) is 7.97. The van der Waals surface area contributed by atoms with Crippen LogP contribution in [0.15, 0.2) is 51.6 Å². The molecule has 2 heterocycles. The molecule has 0 fully saturated rings. The lowest BCUT2D eigenvalue weighted by Gasteiger charge is -2.24. The van der Waals surface area contributed by atoms with Crippen molar-refractivity contribution in [2.45, 2.75) is 25.5 Å². The number of hydrogen-bond acceptors (Lipinski definition) is 4. The van der Waals surface area contributed by atoms with E-state index in [4.69, 9.17) is 4.42 Å². The van der Waals surface area contributed by atoms with E-state index >= 15 is 0 Å². The van der Waals surface area contributed by atoms with Crippen LogP contribution in [-0.2, 0) is 5.60 Å². The van der Waals surface area contributed by atoms with Gasteiger partial charge in [-0.1, -0.05) is 18.2 Å². The highest BCUT2D eigenvalue weighted by atomic mass is 32.1. The normalized spacial score (nSPS) is 16.0. The van der Waals surface area contributed by atoms with E-state index in [1.807, 2.05) is 61.0 Å². The number of hydrogen-bond donors (Lipinski definition) is 2. The van der Waals surface area contributed by atoms with Crippen molar-refractivity contribution in [1.82, 2.24) is 5.32 Å². The predicted octanol–water partition coefficient (Wildman–Crippen LogP) is 4.05. The Bertz CT molecular complexity index is 682. The average Bonchev–Trinajstić information content (AvgIpc) is 3.13. The van der Waals surface area contributed by atoms with Crippen molar-refractivity contribution in [2.24, 2.45) is 0 Å². The number of thiophene rings is 1. The third-order valence-electron chi connectivity index (χ3n) is 3.77. The maximum Gasteiger partial charge on any atom is 0.134 e. The Labute approximate surface area is 128 Å². The minimum absolute atomic E-state index is 0.0440. The fraction of sp³-hybridized carbons (Fsp3) is 0.294. The van der Waals surface area contributed by atoms with Crippen molar-refractivity contribution in [1.29, 1.82) is 0 Å². The van der Waals surface area contributed by atoms with Crippen LogP contribution in [0.2, 0.25) is 0 Å². The van der Waals surface area contributed by atoms with Crippen molar-refractivity contribution in [3.63, 3.8) is 0 Å². The van der Waals surface area contributed by atoms with Gasteiger partial charge in [0.15, 0.2) is 0 Å². The van der Waals surface area contributed by atoms with Gasteiger partial charge >= 0.3 is 0 Å². The number of fused-ring (bicyclic) bond motifs is 1. The molecule has 2 aromatic heterocycles. The summed E-state index contributed by atoms with van der Waals surface area (Å²) >= 11 is 1.59. The van der Waals surface area contributed by atoms with Crippen molar-refractivity contribution in [3.05, 3.63) is 58.5 Å². The summed E-state index contributed by atoms with van der Waals surface area (Å²) in [5, 5.41) is 18.9. The van der Waals surface area contributed by atoms with E-state index in [0.717, 1.165) is 22.3 Å². The van der Waals surface area contributed by atoms with Gasteiger partial charge in [0.05, 0.1) is 6.04 Å². The number of aliphatic hydroxyl groups is 1. The lowest BCUT2D eigenvalue weighted by Crippen LogP contribution is -2.36. The molecule has 110 valence electrons. The zero-order valence-electron chi connectivity index (χ0n) is 12.2. The fourth-order valence-electron chi connectivity index (χ4n) is 2.34. The zero-order chi connectivity index (χ0) is 14.9. The lowest BCUT2D eigenvalue weighted by atomic mass is 9.99. The van der Waals surface area contributed by atoms with Gasteiger partial charge in [-0.3, -0.25) is 0 Å². The molecule has 0 amide bonds. The molecule has 3 nitrogen and oxygen atoms in total. The molecule has 2 atom stereocenters. The van der Waals surface area contributed by atoms with Crippen molar-refractivity contribution >= 4 is 22.3 Å². The smallest absolute Gasteiger partial charge is 0.134 e. The van der Waals surface area contributed by atoms with Gasteiger partial charge < -0.3 is 14.8 Å². The van der Waals surface area contributed by atoms with E-state index in [9.17, 15) is 5.11 Å². The summed E-state index contributed by atoms with van der Waals surface area (Å²) in [7, 11) is 0. The second kappa shape index (κ2) is 5.64. The molecule has 21 heavy (non-hydrogen) atoms. The molecule has 3 aromatic rings. The number of nitrogens with one attached hydrogen (secondary N) is 1. The van der Waals surface area contributed by atoms with Crippen molar-refractivity contribution in [2.75, 3.05) is 6.54 Å². The molecule has 0 saturated carbocycles. The van der Waals surface area contributed by atoms with E-state index in [2.05, 4.69) is 5.32 Å². The Kier molecular flexibility index (Phi) is 3.85. The summed E-state index contributed by atoms with van der Waals surface area (Å²) in [6.45, 7) is 4.34. The molecular formula is C17H19NO2S. The van der Waals surface area contributed by atoms with Crippen LogP contribution in [0.25, 0.3) is 11.0 Å². The molecule has 3 rings (SSSR count). The second-order valence-corrected chi connectivity index (χ2v) is 6.36. The minimum atomic E-state index is -0.875. The maximum absolute atomic E-state index is 10.5. The number of furan rings is 1.